The third-order valence-corrected chi connectivity index (χ3v) is 6.05. The van der Waals surface area contributed by atoms with Crippen LogP contribution in [-0.2, 0) is 15.6 Å². The van der Waals surface area contributed by atoms with Crippen LogP contribution in [0.15, 0.2) is 51.8 Å². The molecule has 144 valence electrons. The molecule has 3 aromatic rings. The Bertz CT molecular complexity index is 1050. The van der Waals surface area contributed by atoms with E-state index >= 15 is 0 Å². The van der Waals surface area contributed by atoms with Crippen molar-refractivity contribution in [1.82, 2.24) is 4.72 Å². The number of aliphatic hydroxyl groups is 1. The summed E-state index contributed by atoms with van der Waals surface area (Å²) in [5.41, 5.74) is 0.880. The minimum absolute atomic E-state index is 0.0357. The molecule has 0 aliphatic heterocycles. The van der Waals surface area contributed by atoms with E-state index in [0.29, 0.717) is 11.3 Å². The van der Waals surface area contributed by atoms with Gasteiger partial charge in [0.2, 0.25) is 10.0 Å². The molecule has 0 bridgehead atoms. The lowest BCUT2D eigenvalue weighted by atomic mass is 10.0. The smallest absolute Gasteiger partial charge is 0.244 e. The molecule has 0 aliphatic carbocycles. The largest absolute Gasteiger partial charge is 0.495 e. The van der Waals surface area contributed by atoms with E-state index in [4.69, 9.17) is 9.15 Å². The molecule has 0 amide bonds. The Morgan fingerprint density at radius 1 is 1.15 bits per heavy atom. The SMILES string of the molecule is COc1cc(C)c(C)cc1S(=O)(=O)NCC(C)(O)c1cc2ccccc2o1. The second-order valence-corrected chi connectivity index (χ2v) is 8.57. The van der Waals surface area contributed by atoms with E-state index < -0.39 is 15.6 Å². The van der Waals surface area contributed by atoms with Gasteiger partial charge in [-0.1, -0.05) is 18.2 Å². The van der Waals surface area contributed by atoms with Crippen molar-refractivity contribution in [2.24, 2.45) is 0 Å². The van der Waals surface area contributed by atoms with Gasteiger partial charge in [-0.2, -0.15) is 0 Å². The Balaban J connectivity index is 1.87. The zero-order chi connectivity index (χ0) is 19.8. The van der Waals surface area contributed by atoms with Crippen LogP contribution in [0.4, 0.5) is 0 Å². The molecule has 0 saturated carbocycles. The molecular weight excluding hydrogens is 366 g/mol. The van der Waals surface area contributed by atoms with Crippen molar-refractivity contribution in [2.45, 2.75) is 31.3 Å². The van der Waals surface area contributed by atoms with Crippen LogP contribution in [0.3, 0.4) is 0 Å². The summed E-state index contributed by atoms with van der Waals surface area (Å²) in [6, 6.07) is 12.3. The number of nitrogens with one attached hydrogen (secondary N) is 1. The molecule has 0 saturated heterocycles. The van der Waals surface area contributed by atoms with Gasteiger partial charge in [0, 0.05) is 11.9 Å². The molecule has 0 aliphatic rings. The van der Waals surface area contributed by atoms with E-state index in [-0.39, 0.29) is 17.2 Å². The summed E-state index contributed by atoms with van der Waals surface area (Å²) in [4.78, 5) is 0.0357. The first-order valence-electron chi connectivity index (χ1n) is 8.50. The van der Waals surface area contributed by atoms with Crippen molar-refractivity contribution in [1.29, 1.82) is 0 Å². The van der Waals surface area contributed by atoms with Crippen LogP contribution in [0.5, 0.6) is 5.75 Å². The first-order chi connectivity index (χ1) is 12.6. The van der Waals surface area contributed by atoms with E-state index in [9.17, 15) is 13.5 Å². The number of furan rings is 1. The Morgan fingerprint density at radius 2 is 1.81 bits per heavy atom. The molecule has 7 heteroatoms. The number of rotatable bonds is 6. The molecule has 1 atom stereocenters. The van der Waals surface area contributed by atoms with Gasteiger partial charge in [0.25, 0.3) is 0 Å². The van der Waals surface area contributed by atoms with Crippen LogP contribution < -0.4 is 9.46 Å². The maximum atomic E-state index is 12.8. The zero-order valence-electron chi connectivity index (χ0n) is 15.7. The molecule has 1 unspecified atom stereocenters. The average molecular weight is 389 g/mol. The summed E-state index contributed by atoms with van der Waals surface area (Å²) in [7, 11) is -2.47. The quantitative estimate of drug-likeness (QED) is 0.676. The average Bonchev–Trinajstić information content (AvgIpc) is 3.07. The fourth-order valence-corrected chi connectivity index (χ4v) is 4.15. The maximum absolute atomic E-state index is 12.8. The van der Waals surface area contributed by atoms with Crippen LogP contribution in [0.1, 0.15) is 23.8 Å². The second-order valence-electron chi connectivity index (χ2n) is 6.83. The Hall–Kier alpha value is -2.35. The number of sulfonamides is 1. The maximum Gasteiger partial charge on any atom is 0.244 e. The van der Waals surface area contributed by atoms with E-state index in [1.165, 1.54) is 14.0 Å². The van der Waals surface area contributed by atoms with Crippen molar-refractivity contribution in [3.63, 3.8) is 0 Å². The van der Waals surface area contributed by atoms with Gasteiger partial charge in [0.1, 0.15) is 27.6 Å². The number of benzene rings is 2. The van der Waals surface area contributed by atoms with Gasteiger partial charge >= 0.3 is 0 Å². The number of hydrogen-bond donors (Lipinski definition) is 2. The zero-order valence-corrected chi connectivity index (χ0v) is 16.6. The lowest BCUT2D eigenvalue weighted by Gasteiger charge is -2.22. The Kier molecular flexibility index (Phi) is 5.03. The molecular formula is C20H23NO5S. The summed E-state index contributed by atoms with van der Waals surface area (Å²) < 4.78 is 38.9. The number of ether oxygens (including phenoxy) is 1. The van der Waals surface area contributed by atoms with Crippen molar-refractivity contribution in [3.05, 3.63) is 59.4 Å². The number of fused-ring (bicyclic) bond motifs is 1. The predicted molar refractivity (Wildman–Crippen MR) is 103 cm³/mol. The monoisotopic (exact) mass is 389 g/mol. The first kappa shape index (κ1) is 19.4. The van der Waals surface area contributed by atoms with Crippen LogP contribution in [0.2, 0.25) is 0 Å². The molecule has 3 rings (SSSR count). The predicted octanol–water partition coefficient (Wildman–Crippen LogP) is 3.24. The van der Waals surface area contributed by atoms with Crippen molar-refractivity contribution in [2.75, 3.05) is 13.7 Å². The standard InChI is InChI=1S/C20H23NO5S/c1-13-9-17(25-4)18(10-14(13)2)27(23,24)21-12-20(3,22)19-11-15-7-5-6-8-16(15)26-19/h5-11,21-22H,12H2,1-4H3. The van der Waals surface area contributed by atoms with Gasteiger partial charge in [-0.25, -0.2) is 13.1 Å². The summed E-state index contributed by atoms with van der Waals surface area (Å²) in [5.74, 6) is 0.549. The molecule has 2 aromatic carbocycles. The summed E-state index contributed by atoms with van der Waals surface area (Å²) in [5, 5.41) is 11.6. The Labute approximate surface area is 158 Å². The van der Waals surface area contributed by atoms with Gasteiger partial charge in [0.05, 0.1) is 7.11 Å². The third-order valence-electron chi connectivity index (χ3n) is 4.63. The molecule has 0 radical (unpaired) electrons. The molecule has 1 heterocycles. The number of hydrogen-bond acceptors (Lipinski definition) is 5. The highest BCUT2D eigenvalue weighted by Crippen LogP contribution is 2.30. The topological polar surface area (TPSA) is 88.8 Å². The first-order valence-corrected chi connectivity index (χ1v) is 9.99. The van der Waals surface area contributed by atoms with Crippen LogP contribution >= 0.6 is 0 Å². The van der Waals surface area contributed by atoms with Gasteiger partial charge in [-0.05, 0) is 56.2 Å². The highest BCUT2D eigenvalue weighted by Gasteiger charge is 2.31. The van der Waals surface area contributed by atoms with Gasteiger partial charge in [-0.15, -0.1) is 0 Å². The van der Waals surface area contributed by atoms with Crippen molar-refractivity contribution >= 4 is 21.0 Å². The fraction of sp³-hybridized carbons (Fsp3) is 0.300. The number of para-hydroxylation sites is 1. The lowest BCUT2D eigenvalue weighted by molar-refractivity contribution is 0.0411. The summed E-state index contributed by atoms with van der Waals surface area (Å²) >= 11 is 0. The molecule has 2 N–H and O–H groups in total. The molecule has 27 heavy (non-hydrogen) atoms. The van der Waals surface area contributed by atoms with E-state index in [1.54, 1.807) is 24.3 Å². The van der Waals surface area contributed by atoms with E-state index in [2.05, 4.69) is 4.72 Å². The van der Waals surface area contributed by atoms with Crippen molar-refractivity contribution in [3.8, 4) is 5.75 Å². The Morgan fingerprint density at radius 3 is 2.48 bits per heavy atom. The van der Waals surface area contributed by atoms with Gasteiger partial charge < -0.3 is 14.3 Å². The molecule has 0 fully saturated rings. The summed E-state index contributed by atoms with van der Waals surface area (Å²) in [6.45, 7) is 4.97. The lowest BCUT2D eigenvalue weighted by Crippen LogP contribution is -2.38. The van der Waals surface area contributed by atoms with Crippen LogP contribution in [-0.4, -0.2) is 27.2 Å². The van der Waals surface area contributed by atoms with E-state index in [0.717, 1.165) is 16.5 Å². The minimum Gasteiger partial charge on any atom is -0.495 e. The van der Waals surface area contributed by atoms with Crippen LogP contribution in [0, 0.1) is 13.8 Å². The molecule has 0 spiro atoms. The third kappa shape index (κ3) is 3.85. The van der Waals surface area contributed by atoms with Crippen molar-refractivity contribution < 1.29 is 22.7 Å². The molecule has 6 nitrogen and oxygen atoms in total. The van der Waals surface area contributed by atoms with Crippen LogP contribution in [0.25, 0.3) is 11.0 Å². The number of aryl methyl sites for hydroxylation is 2. The second kappa shape index (κ2) is 6.99. The van der Waals surface area contributed by atoms with E-state index in [1.807, 2.05) is 32.0 Å². The van der Waals surface area contributed by atoms with Gasteiger partial charge in [-0.3, -0.25) is 0 Å². The fourth-order valence-electron chi connectivity index (χ4n) is 2.78. The molecule has 1 aromatic heterocycles. The highest BCUT2D eigenvalue weighted by atomic mass is 32.2. The highest BCUT2D eigenvalue weighted by molar-refractivity contribution is 7.89. The minimum atomic E-state index is -3.89. The normalized spacial score (nSPS) is 14.3. The van der Waals surface area contributed by atoms with Gasteiger partial charge in [0.15, 0.2) is 0 Å². The number of methoxy groups -OCH3 is 1. The summed E-state index contributed by atoms with van der Waals surface area (Å²) in [6.07, 6.45) is 0.